The smallest absolute Gasteiger partial charge is 0.323 e. The van der Waals surface area contributed by atoms with Crippen LogP contribution < -0.4 is 20.3 Å². The summed E-state index contributed by atoms with van der Waals surface area (Å²) in [5.74, 6) is 0.779. The predicted molar refractivity (Wildman–Crippen MR) is 123 cm³/mol. The van der Waals surface area contributed by atoms with E-state index in [4.69, 9.17) is 4.74 Å². The molecule has 2 saturated heterocycles. The van der Waals surface area contributed by atoms with Gasteiger partial charge in [0.05, 0.1) is 12.7 Å². The van der Waals surface area contributed by atoms with Gasteiger partial charge in [0.1, 0.15) is 5.75 Å². The number of rotatable bonds is 5. The first kappa shape index (κ1) is 21.0. The van der Waals surface area contributed by atoms with Crippen LogP contribution in [0, 0.1) is 0 Å². The molecule has 0 unspecified atom stereocenters. The first-order chi connectivity index (χ1) is 15.1. The molecule has 2 fully saturated rings. The average Bonchev–Trinajstić information content (AvgIpc) is 3.34. The SMILES string of the molecule is COc1ccc(NC(=O)Nc2ccc(N3CCCCC3)c(C(=O)N3CCCC3)c2)cc1. The summed E-state index contributed by atoms with van der Waals surface area (Å²) in [4.78, 5) is 30.0. The molecule has 2 aliphatic rings. The maximum atomic E-state index is 13.3. The molecule has 0 saturated carbocycles. The second-order valence-electron chi connectivity index (χ2n) is 8.09. The molecular formula is C24H30N4O3. The van der Waals surface area contributed by atoms with Gasteiger partial charge in [-0.2, -0.15) is 0 Å². The molecule has 0 aliphatic carbocycles. The number of benzene rings is 2. The summed E-state index contributed by atoms with van der Waals surface area (Å²) in [6, 6.07) is 12.4. The lowest BCUT2D eigenvalue weighted by Crippen LogP contribution is -2.34. The zero-order valence-electron chi connectivity index (χ0n) is 18.0. The number of ether oxygens (including phenoxy) is 1. The highest BCUT2D eigenvalue weighted by Gasteiger charge is 2.25. The zero-order valence-corrected chi connectivity index (χ0v) is 18.0. The molecule has 0 aromatic heterocycles. The fourth-order valence-corrected chi connectivity index (χ4v) is 4.25. The summed E-state index contributed by atoms with van der Waals surface area (Å²) >= 11 is 0. The minimum Gasteiger partial charge on any atom is -0.497 e. The fourth-order valence-electron chi connectivity index (χ4n) is 4.25. The molecule has 4 rings (SSSR count). The lowest BCUT2D eigenvalue weighted by molar-refractivity contribution is 0.0793. The minimum atomic E-state index is -0.351. The molecule has 0 atom stereocenters. The number of carbonyl (C=O) groups is 2. The lowest BCUT2D eigenvalue weighted by Gasteiger charge is -2.31. The van der Waals surface area contributed by atoms with Crippen molar-refractivity contribution in [2.75, 3.05) is 48.8 Å². The van der Waals surface area contributed by atoms with Crippen LogP contribution in [0.2, 0.25) is 0 Å². The van der Waals surface area contributed by atoms with Crippen molar-refractivity contribution in [1.82, 2.24) is 4.90 Å². The van der Waals surface area contributed by atoms with Crippen molar-refractivity contribution in [2.24, 2.45) is 0 Å². The number of hydrogen-bond donors (Lipinski definition) is 2. The molecule has 7 nitrogen and oxygen atoms in total. The van der Waals surface area contributed by atoms with Gasteiger partial charge in [0, 0.05) is 43.2 Å². The maximum Gasteiger partial charge on any atom is 0.323 e. The zero-order chi connectivity index (χ0) is 21.6. The normalized spacial score (nSPS) is 16.2. The van der Waals surface area contributed by atoms with Crippen molar-refractivity contribution >= 4 is 29.0 Å². The van der Waals surface area contributed by atoms with Crippen molar-refractivity contribution in [3.8, 4) is 5.75 Å². The van der Waals surface area contributed by atoms with Crippen molar-refractivity contribution < 1.29 is 14.3 Å². The van der Waals surface area contributed by atoms with Crippen LogP contribution in [0.5, 0.6) is 5.75 Å². The van der Waals surface area contributed by atoms with Crippen LogP contribution in [0.3, 0.4) is 0 Å². The molecule has 0 bridgehead atoms. The van der Waals surface area contributed by atoms with E-state index in [9.17, 15) is 9.59 Å². The van der Waals surface area contributed by atoms with Crippen LogP contribution in [0.1, 0.15) is 42.5 Å². The summed E-state index contributed by atoms with van der Waals surface area (Å²) in [5, 5.41) is 5.68. The number of methoxy groups -OCH3 is 1. The Morgan fingerprint density at radius 2 is 1.42 bits per heavy atom. The Balaban J connectivity index is 1.52. The Morgan fingerprint density at radius 1 is 0.806 bits per heavy atom. The number of piperidine rings is 1. The lowest BCUT2D eigenvalue weighted by atomic mass is 10.1. The van der Waals surface area contributed by atoms with Gasteiger partial charge in [-0.25, -0.2) is 4.79 Å². The molecule has 0 spiro atoms. The standard InChI is InChI=1S/C24H30N4O3/c1-31-20-10-7-18(8-11-20)25-24(30)26-19-9-12-22(27-13-3-2-4-14-27)21(17-19)23(29)28-15-5-6-16-28/h7-12,17H,2-6,13-16H2,1H3,(H2,25,26,30). The number of likely N-dealkylation sites (tertiary alicyclic amines) is 1. The molecule has 0 radical (unpaired) electrons. The van der Waals surface area contributed by atoms with Gasteiger partial charge < -0.3 is 25.2 Å². The van der Waals surface area contributed by atoms with E-state index in [1.54, 1.807) is 31.4 Å². The van der Waals surface area contributed by atoms with Crippen LogP contribution in [-0.2, 0) is 0 Å². The number of nitrogens with zero attached hydrogens (tertiary/aromatic N) is 2. The van der Waals surface area contributed by atoms with Gasteiger partial charge in [-0.05, 0) is 74.6 Å². The van der Waals surface area contributed by atoms with E-state index >= 15 is 0 Å². The quantitative estimate of drug-likeness (QED) is 0.741. The number of nitrogens with one attached hydrogen (secondary N) is 2. The molecule has 31 heavy (non-hydrogen) atoms. The van der Waals surface area contributed by atoms with Gasteiger partial charge in [-0.15, -0.1) is 0 Å². The Morgan fingerprint density at radius 3 is 2.10 bits per heavy atom. The highest BCUT2D eigenvalue weighted by atomic mass is 16.5. The second kappa shape index (κ2) is 9.73. The maximum absolute atomic E-state index is 13.3. The number of carbonyl (C=O) groups excluding carboxylic acids is 2. The van der Waals surface area contributed by atoms with E-state index in [1.807, 2.05) is 23.1 Å². The van der Waals surface area contributed by atoms with E-state index in [-0.39, 0.29) is 11.9 Å². The minimum absolute atomic E-state index is 0.0530. The molecule has 7 heteroatoms. The van der Waals surface area contributed by atoms with E-state index in [1.165, 1.54) is 6.42 Å². The van der Waals surface area contributed by atoms with Gasteiger partial charge >= 0.3 is 6.03 Å². The Hall–Kier alpha value is -3.22. The van der Waals surface area contributed by atoms with Gasteiger partial charge in [-0.1, -0.05) is 0 Å². The highest BCUT2D eigenvalue weighted by Crippen LogP contribution is 2.29. The largest absolute Gasteiger partial charge is 0.497 e. The molecule has 2 heterocycles. The molecule has 164 valence electrons. The monoisotopic (exact) mass is 422 g/mol. The Bertz CT molecular complexity index is 917. The number of anilines is 3. The van der Waals surface area contributed by atoms with Crippen molar-refractivity contribution in [2.45, 2.75) is 32.1 Å². The highest BCUT2D eigenvalue weighted by molar-refractivity contribution is 6.04. The van der Waals surface area contributed by atoms with Gasteiger partial charge in [-0.3, -0.25) is 4.79 Å². The molecular weight excluding hydrogens is 392 g/mol. The van der Waals surface area contributed by atoms with Crippen LogP contribution in [-0.4, -0.2) is 50.1 Å². The van der Waals surface area contributed by atoms with E-state index in [2.05, 4.69) is 15.5 Å². The third kappa shape index (κ3) is 5.10. The van der Waals surface area contributed by atoms with Crippen molar-refractivity contribution in [1.29, 1.82) is 0 Å². The third-order valence-electron chi connectivity index (χ3n) is 5.92. The second-order valence-corrected chi connectivity index (χ2v) is 8.09. The summed E-state index contributed by atoms with van der Waals surface area (Å²) < 4.78 is 5.14. The van der Waals surface area contributed by atoms with Crippen molar-refractivity contribution in [3.63, 3.8) is 0 Å². The van der Waals surface area contributed by atoms with Crippen LogP contribution in [0.25, 0.3) is 0 Å². The van der Waals surface area contributed by atoms with Gasteiger partial charge in [0.15, 0.2) is 0 Å². The summed E-state index contributed by atoms with van der Waals surface area (Å²) in [6.07, 6.45) is 5.61. The predicted octanol–water partition coefficient (Wildman–Crippen LogP) is 4.57. The molecule has 2 aromatic rings. The van der Waals surface area contributed by atoms with E-state index in [0.717, 1.165) is 63.3 Å². The van der Waals surface area contributed by atoms with E-state index in [0.29, 0.717) is 16.9 Å². The topological polar surface area (TPSA) is 73.9 Å². The third-order valence-corrected chi connectivity index (χ3v) is 5.92. The molecule has 2 aliphatic heterocycles. The first-order valence-corrected chi connectivity index (χ1v) is 11.0. The number of hydrogen-bond acceptors (Lipinski definition) is 4. The first-order valence-electron chi connectivity index (χ1n) is 11.0. The van der Waals surface area contributed by atoms with Gasteiger partial charge in [0.2, 0.25) is 0 Å². The summed E-state index contributed by atoms with van der Waals surface area (Å²) in [7, 11) is 1.60. The molecule has 3 amide bonds. The van der Waals surface area contributed by atoms with Crippen LogP contribution in [0.15, 0.2) is 42.5 Å². The Labute approximate surface area is 183 Å². The number of amides is 3. The summed E-state index contributed by atoms with van der Waals surface area (Å²) in [6.45, 7) is 3.53. The van der Waals surface area contributed by atoms with E-state index < -0.39 is 0 Å². The molecule has 2 N–H and O–H groups in total. The summed E-state index contributed by atoms with van der Waals surface area (Å²) in [5.41, 5.74) is 2.91. The number of urea groups is 1. The van der Waals surface area contributed by atoms with Crippen LogP contribution >= 0.6 is 0 Å². The van der Waals surface area contributed by atoms with Crippen LogP contribution in [0.4, 0.5) is 21.9 Å². The Kier molecular flexibility index (Phi) is 6.60. The van der Waals surface area contributed by atoms with Crippen molar-refractivity contribution in [3.05, 3.63) is 48.0 Å². The van der Waals surface area contributed by atoms with Gasteiger partial charge in [0.25, 0.3) is 5.91 Å². The average molecular weight is 423 g/mol. The molecule has 2 aromatic carbocycles. The fraction of sp³-hybridized carbons (Fsp3) is 0.417.